The van der Waals surface area contributed by atoms with E-state index in [0.717, 1.165) is 12.8 Å². The molecule has 2 rings (SSSR count). The van der Waals surface area contributed by atoms with Gasteiger partial charge in [-0.05, 0) is 19.8 Å². The van der Waals surface area contributed by atoms with Crippen molar-refractivity contribution in [2.75, 3.05) is 6.61 Å². The second-order valence-electron chi connectivity index (χ2n) is 3.31. The lowest BCUT2D eigenvalue weighted by molar-refractivity contribution is 0.0658. The van der Waals surface area contributed by atoms with Crippen LogP contribution in [0.25, 0.3) is 0 Å². The largest absolute Gasteiger partial charge is 0.477 e. The molecule has 0 radical (unpaired) electrons. The summed E-state index contributed by atoms with van der Waals surface area (Å²) in [6, 6.07) is 0. The van der Waals surface area contributed by atoms with Crippen molar-refractivity contribution in [2.24, 2.45) is 0 Å². The minimum Gasteiger partial charge on any atom is -0.477 e. The number of rotatable bonds is 2. The average Bonchev–Trinajstić information content (AvgIpc) is 2.70. The number of carbonyl (C=O) groups is 1. The summed E-state index contributed by atoms with van der Waals surface area (Å²) in [6.45, 7) is 2.27. The van der Waals surface area contributed by atoms with Gasteiger partial charge in [0.1, 0.15) is 11.7 Å². The number of nitrogens with zero attached hydrogens (tertiary/aromatic N) is 1. The number of aromatic carboxylic acids is 1. The standard InChI is InChI=1S/C9H11NO4/c1-5-7(9(11)12)8(14-10-5)6-3-2-4-13-6/h6H,2-4H2,1H3,(H,11,12). The fourth-order valence-corrected chi connectivity index (χ4v) is 1.65. The second-order valence-corrected chi connectivity index (χ2v) is 3.31. The van der Waals surface area contributed by atoms with Crippen LogP contribution in [0.1, 0.15) is 40.8 Å². The number of aryl methyl sites for hydroxylation is 1. The van der Waals surface area contributed by atoms with Crippen LogP contribution in [0.3, 0.4) is 0 Å². The van der Waals surface area contributed by atoms with E-state index in [1.165, 1.54) is 0 Å². The van der Waals surface area contributed by atoms with Gasteiger partial charge in [0.2, 0.25) is 0 Å². The molecular formula is C9H11NO4. The molecule has 1 aromatic rings. The first-order valence-corrected chi connectivity index (χ1v) is 4.51. The van der Waals surface area contributed by atoms with Crippen molar-refractivity contribution >= 4 is 5.97 Å². The van der Waals surface area contributed by atoms with E-state index in [0.29, 0.717) is 18.1 Å². The molecular weight excluding hydrogens is 186 g/mol. The highest BCUT2D eigenvalue weighted by Gasteiger charge is 2.29. The molecule has 1 fully saturated rings. The zero-order valence-electron chi connectivity index (χ0n) is 7.82. The fraction of sp³-hybridized carbons (Fsp3) is 0.556. The van der Waals surface area contributed by atoms with Crippen molar-refractivity contribution in [1.29, 1.82) is 0 Å². The second kappa shape index (κ2) is 3.42. The van der Waals surface area contributed by atoms with E-state index in [2.05, 4.69) is 5.16 Å². The smallest absolute Gasteiger partial charge is 0.341 e. The van der Waals surface area contributed by atoms with E-state index >= 15 is 0 Å². The first-order chi connectivity index (χ1) is 6.70. The molecule has 14 heavy (non-hydrogen) atoms. The normalized spacial score (nSPS) is 21.4. The Hall–Kier alpha value is -1.36. The van der Waals surface area contributed by atoms with Crippen LogP contribution in [-0.4, -0.2) is 22.8 Å². The highest BCUT2D eigenvalue weighted by molar-refractivity contribution is 5.90. The van der Waals surface area contributed by atoms with Gasteiger partial charge in [-0.2, -0.15) is 0 Å². The first-order valence-electron chi connectivity index (χ1n) is 4.51. The third-order valence-electron chi connectivity index (χ3n) is 2.33. The highest BCUT2D eigenvalue weighted by atomic mass is 16.5. The maximum Gasteiger partial charge on any atom is 0.341 e. The Bertz CT molecular complexity index is 352. The maximum absolute atomic E-state index is 10.9. The summed E-state index contributed by atoms with van der Waals surface area (Å²) in [5, 5.41) is 12.6. The summed E-state index contributed by atoms with van der Waals surface area (Å²) in [7, 11) is 0. The molecule has 0 saturated carbocycles. The summed E-state index contributed by atoms with van der Waals surface area (Å²) in [5.74, 6) is -0.651. The van der Waals surface area contributed by atoms with Crippen molar-refractivity contribution in [1.82, 2.24) is 5.16 Å². The first kappa shape index (κ1) is 9.21. The van der Waals surface area contributed by atoms with E-state index in [9.17, 15) is 4.79 Å². The number of carboxylic acid groups (broad SMARTS) is 1. The molecule has 0 amide bonds. The van der Waals surface area contributed by atoms with Crippen molar-refractivity contribution < 1.29 is 19.2 Å². The molecule has 0 bridgehead atoms. The maximum atomic E-state index is 10.9. The number of hydrogen-bond donors (Lipinski definition) is 1. The van der Waals surface area contributed by atoms with Crippen LogP contribution in [0.4, 0.5) is 0 Å². The molecule has 5 heteroatoms. The molecule has 0 spiro atoms. The topological polar surface area (TPSA) is 72.6 Å². The van der Waals surface area contributed by atoms with Crippen LogP contribution >= 0.6 is 0 Å². The molecule has 0 aliphatic carbocycles. The van der Waals surface area contributed by atoms with Crippen LogP contribution in [0.5, 0.6) is 0 Å². The summed E-state index contributed by atoms with van der Waals surface area (Å²) in [5.41, 5.74) is 0.555. The Morgan fingerprint density at radius 3 is 3.00 bits per heavy atom. The fourth-order valence-electron chi connectivity index (χ4n) is 1.65. The van der Waals surface area contributed by atoms with Crippen LogP contribution in [-0.2, 0) is 4.74 Å². The highest BCUT2D eigenvalue weighted by Crippen LogP contribution is 2.31. The third kappa shape index (κ3) is 1.39. The number of aromatic nitrogens is 1. The Kier molecular flexibility index (Phi) is 2.25. The van der Waals surface area contributed by atoms with Crippen LogP contribution < -0.4 is 0 Å². The molecule has 1 N–H and O–H groups in total. The van der Waals surface area contributed by atoms with E-state index in [4.69, 9.17) is 14.4 Å². The zero-order chi connectivity index (χ0) is 10.1. The monoisotopic (exact) mass is 197 g/mol. The van der Waals surface area contributed by atoms with Gasteiger partial charge >= 0.3 is 5.97 Å². The summed E-state index contributed by atoms with van der Waals surface area (Å²) in [4.78, 5) is 10.9. The molecule has 1 aliphatic rings. The summed E-state index contributed by atoms with van der Waals surface area (Å²) in [6.07, 6.45) is 1.50. The SMILES string of the molecule is Cc1noc(C2CCCO2)c1C(=O)O. The molecule has 1 atom stereocenters. The minimum atomic E-state index is -1.01. The molecule has 2 heterocycles. The number of hydrogen-bond acceptors (Lipinski definition) is 4. The van der Waals surface area contributed by atoms with Gasteiger partial charge in [-0.1, -0.05) is 5.16 Å². The Morgan fingerprint density at radius 1 is 1.64 bits per heavy atom. The van der Waals surface area contributed by atoms with Gasteiger partial charge in [-0.15, -0.1) is 0 Å². The molecule has 1 unspecified atom stereocenters. The van der Waals surface area contributed by atoms with Crippen molar-refractivity contribution in [3.8, 4) is 0 Å². The Morgan fingerprint density at radius 2 is 2.43 bits per heavy atom. The Balaban J connectivity index is 2.37. The van der Waals surface area contributed by atoms with Crippen LogP contribution in [0, 0.1) is 6.92 Å². The van der Waals surface area contributed by atoms with E-state index in [1.54, 1.807) is 6.92 Å². The minimum absolute atomic E-state index is 0.150. The molecule has 1 aliphatic heterocycles. The average molecular weight is 197 g/mol. The van der Waals surface area contributed by atoms with Gasteiger partial charge < -0.3 is 14.4 Å². The predicted octanol–water partition coefficient (Wildman–Crippen LogP) is 1.53. The van der Waals surface area contributed by atoms with Gasteiger partial charge in [0.05, 0.1) is 5.69 Å². The zero-order valence-corrected chi connectivity index (χ0v) is 7.82. The van der Waals surface area contributed by atoms with Gasteiger partial charge in [-0.3, -0.25) is 0 Å². The van der Waals surface area contributed by atoms with Crippen molar-refractivity contribution in [2.45, 2.75) is 25.9 Å². The lowest BCUT2D eigenvalue weighted by Gasteiger charge is -2.04. The lowest BCUT2D eigenvalue weighted by Crippen LogP contribution is -2.05. The molecule has 1 aromatic heterocycles. The van der Waals surface area contributed by atoms with E-state index in [-0.39, 0.29) is 11.7 Å². The lowest BCUT2D eigenvalue weighted by atomic mass is 10.1. The number of ether oxygens (including phenoxy) is 1. The van der Waals surface area contributed by atoms with Gasteiger partial charge in [0.15, 0.2) is 5.76 Å². The van der Waals surface area contributed by atoms with Gasteiger partial charge in [0.25, 0.3) is 0 Å². The predicted molar refractivity (Wildman–Crippen MR) is 46.1 cm³/mol. The van der Waals surface area contributed by atoms with E-state index in [1.807, 2.05) is 0 Å². The number of carboxylic acids is 1. The van der Waals surface area contributed by atoms with Crippen LogP contribution in [0.2, 0.25) is 0 Å². The molecule has 0 aromatic carbocycles. The molecule has 76 valence electrons. The quantitative estimate of drug-likeness (QED) is 0.778. The van der Waals surface area contributed by atoms with Crippen LogP contribution in [0.15, 0.2) is 4.52 Å². The van der Waals surface area contributed by atoms with Crippen molar-refractivity contribution in [3.63, 3.8) is 0 Å². The third-order valence-corrected chi connectivity index (χ3v) is 2.33. The molecule has 5 nitrogen and oxygen atoms in total. The molecule has 1 saturated heterocycles. The summed E-state index contributed by atoms with van der Waals surface area (Å²) < 4.78 is 10.3. The van der Waals surface area contributed by atoms with Crippen molar-refractivity contribution in [3.05, 3.63) is 17.0 Å². The van der Waals surface area contributed by atoms with Gasteiger partial charge in [0, 0.05) is 6.61 Å². The van der Waals surface area contributed by atoms with E-state index < -0.39 is 5.97 Å². The summed E-state index contributed by atoms with van der Waals surface area (Å²) >= 11 is 0. The van der Waals surface area contributed by atoms with Gasteiger partial charge in [-0.25, -0.2) is 4.79 Å². The Labute approximate surface area is 80.6 Å².